The lowest BCUT2D eigenvalue weighted by molar-refractivity contribution is 0.660. The predicted octanol–water partition coefficient (Wildman–Crippen LogP) is 20.6. The number of rotatable bonds is 10. The number of benzene rings is 12. The fourth-order valence-corrected chi connectivity index (χ4v) is 12.0. The quantitative estimate of drug-likeness (QED) is 0.133. The number of nitrogens with zero attached hydrogens (tertiary/aromatic N) is 2. The van der Waals surface area contributed by atoms with Crippen LogP contribution in [0.25, 0.3) is 105 Å². The van der Waals surface area contributed by atoms with Crippen LogP contribution < -0.4 is 4.90 Å². The van der Waals surface area contributed by atoms with Gasteiger partial charge < -0.3 is 9.47 Å². The molecule has 0 bridgehead atoms. The minimum atomic E-state index is -0.145. The summed E-state index contributed by atoms with van der Waals surface area (Å²) in [7, 11) is 0. The summed E-state index contributed by atoms with van der Waals surface area (Å²) in [6.07, 6.45) is 0. The number of anilines is 3. The predicted molar refractivity (Wildman–Crippen MR) is 326 cm³/mol. The molecule has 0 amide bonds. The molecule has 0 atom stereocenters. The Kier molecular flexibility index (Phi) is 11.2. The first kappa shape index (κ1) is 45.8. The second-order valence-corrected chi connectivity index (χ2v) is 20.9. The maximum atomic E-state index is 2.47. The highest BCUT2D eigenvalue weighted by Crippen LogP contribution is 2.52. The zero-order valence-corrected chi connectivity index (χ0v) is 43.1. The van der Waals surface area contributed by atoms with Crippen molar-refractivity contribution in [1.29, 1.82) is 0 Å². The highest BCUT2D eigenvalue weighted by atomic mass is 15.1. The number of hydrogen-bond acceptors (Lipinski definition) is 1. The van der Waals surface area contributed by atoms with Crippen molar-refractivity contribution >= 4 is 38.9 Å². The van der Waals surface area contributed by atoms with Crippen LogP contribution in [0.1, 0.15) is 25.0 Å². The van der Waals surface area contributed by atoms with Gasteiger partial charge in [-0.25, -0.2) is 0 Å². The van der Waals surface area contributed by atoms with Crippen molar-refractivity contribution in [1.82, 2.24) is 4.57 Å². The molecule has 14 rings (SSSR count). The monoisotopic (exact) mass is 982 g/mol. The van der Waals surface area contributed by atoms with Crippen molar-refractivity contribution in [3.63, 3.8) is 0 Å². The molecular formula is C75H54N2. The molecule has 13 aromatic rings. The fraction of sp³-hybridized carbons (Fsp3) is 0.0400. The Morgan fingerprint density at radius 3 is 1.18 bits per heavy atom. The maximum Gasteiger partial charge on any atom is 0.0546 e. The Bertz CT molecular complexity index is 4190. The molecule has 0 saturated heterocycles. The van der Waals surface area contributed by atoms with Crippen LogP contribution in [-0.4, -0.2) is 4.57 Å². The lowest BCUT2D eigenvalue weighted by Gasteiger charge is -2.30. The van der Waals surface area contributed by atoms with Crippen molar-refractivity contribution in [3.8, 4) is 83.6 Å². The molecule has 2 heteroatoms. The van der Waals surface area contributed by atoms with E-state index in [9.17, 15) is 0 Å². The van der Waals surface area contributed by atoms with E-state index in [0.29, 0.717) is 0 Å². The van der Waals surface area contributed by atoms with Gasteiger partial charge in [-0.05, 0) is 150 Å². The van der Waals surface area contributed by atoms with Gasteiger partial charge in [-0.15, -0.1) is 0 Å². The molecule has 0 spiro atoms. The molecule has 12 aromatic carbocycles. The van der Waals surface area contributed by atoms with E-state index in [2.05, 4.69) is 315 Å². The van der Waals surface area contributed by atoms with Crippen LogP contribution >= 0.6 is 0 Å². The summed E-state index contributed by atoms with van der Waals surface area (Å²) in [6, 6.07) is 107. The summed E-state index contributed by atoms with van der Waals surface area (Å²) in [6.45, 7) is 4.73. The van der Waals surface area contributed by atoms with E-state index in [1.807, 2.05) is 0 Å². The van der Waals surface area contributed by atoms with Crippen LogP contribution in [0, 0.1) is 0 Å². The number of aromatic nitrogens is 1. The third-order valence-electron chi connectivity index (χ3n) is 16.0. The van der Waals surface area contributed by atoms with Gasteiger partial charge in [0.2, 0.25) is 0 Å². The van der Waals surface area contributed by atoms with Gasteiger partial charge in [0.25, 0.3) is 0 Å². The van der Waals surface area contributed by atoms with Crippen LogP contribution in [0.5, 0.6) is 0 Å². The van der Waals surface area contributed by atoms with Crippen molar-refractivity contribution in [3.05, 3.63) is 302 Å². The zero-order valence-electron chi connectivity index (χ0n) is 43.1. The molecule has 2 nitrogen and oxygen atoms in total. The summed E-state index contributed by atoms with van der Waals surface area (Å²) in [5.41, 5.74) is 26.3. The Morgan fingerprint density at radius 1 is 0.273 bits per heavy atom. The molecule has 1 aliphatic carbocycles. The first-order chi connectivity index (χ1) is 37.9. The Balaban J connectivity index is 0.808. The van der Waals surface area contributed by atoms with Crippen molar-refractivity contribution in [2.75, 3.05) is 4.90 Å². The lowest BCUT2D eigenvalue weighted by Crippen LogP contribution is -2.17. The normalized spacial score (nSPS) is 12.4. The average molecular weight is 983 g/mol. The van der Waals surface area contributed by atoms with E-state index < -0.39 is 0 Å². The zero-order chi connectivity index (χ0) is 51.5. The lowest BCUT2D eigenvalue weighted by atomic mass is 9.82. The van der Waals surface area contributed by atoms with Crippen LogP contribution in [0.2, 0.25) is 0 Å². The minimum absolute atomic E-state index is 0.145. The second kappa shape index (κ2) is 18.9. The third-order valence-corrected chi connectivity index (χ3v) is 16.0. The summed E-state index contributed by atoms with van der Waals surface area (Å²) >= 11 is 0. The number of fused-ring (bicyclic) bond motifs is 6. The average Bonchev–Trinajstić information content (AvgIpc) is 4.02. The number of hydrogen-bond donors (Lipinski definition) is 0. The topological polar surface area (TPSA) is 8.17 Å². The standard InChI is InChI=1S/C75H54N2/c1-75(2)70-26-16-15-25-66(70)67-44-42-64(50-71(67)75)76(74-49-61(53-21-11-5-12-22-53)35-43-65(74)58-23-13-6-14-24-58)62-38-31-56(32-39-62)54-27-29-55(30-28-54)57-33-40-63(41-34-57)77-72-45-36-59(51-17-7-3-8-18-51)47-68(72)69-48-60(37-46-73(69)77)52-19-9-4-10-20-52/h3-50H,1-2H3. The molecule has 0 saturated carbocycles. The SMILES string of the molecule is CC1(C)c2ccccc2-c2ccc(N(c3ccc(-c4ccc(-c5ccc(-n6c7ccc(-c8ccccc8)cc7c7cc(-c8ccccc8)ccc76)cc5)cc4)cc3)c3cc(-c4ccccc4)ccc3-c3ccccc3)cc21. The fourth-order valence-electron chi connectivity index (χ4n) is 12.0. The van der Waals surface area contributed by atoms with Crippen LogP contribution in [0.3, 0.4) is 0 Å². The first-order valence-corrected chi connectivity index (χ1v) is 26.7. The van der Waals surface area contributed by atoms with Crippen molar-refractivity contribution in [2.24, 2.45) is 0 Å². The summed E-state index contributed by atoms with van der Waals surface area (Å²) < 4.78 is 2.42. The molecule has 0 unspecified atom stereocenters. The van der Waals surface area contributed by atoms with Crippen molar-refractivity contribution in [2.45, 2.75) is 19.3 Å². The van der Waals surface area contributed by atoms with E-state index in [4.69, 9.17) is 0 Å². The smallest absolute Gasteiger partial charge is 0.0546 e. The van der Waals surface area contributed by atoms with E-state index in [1.54, 1.807) is 0 Å². The third kappa shape index (κ3) is 8.14. The van der Waals surface area contributed by atoms with E-state index in [0.717, 1.165) is 22.7 Å². The molecule has 0 radical (unpaired) electrons. The van der Waals surface area contributed by atoms with E-state index >= 15 is 0 Å². The molecule has 364 valence electrons. The molecule has 1 heterocycles. The highest BCUT2D eigenvalue weighted by Gasteiger charge is 2.36. The van der Waals surface area contributed by atoms with Gasteiger partial charge in [-0.2, -0.15) is 0 Å². The van der Waals surface area contributed by atoms with Gasteiger partial charge in [0.15, 0.2) is 0 Å². The van der Waals surface area contributed by atoms with Gasteiger partial charge in [-0.3, -0.25) is 0 Å². The van der Waals surface area contributed by atoms with E-state index in [1.165, 1.54) is 111 Å². The van der Waals surface area contributed by atoms with Crippen LogP contribution in [0.4, 0.5) is 17.1 Å². The van der Waals surface area contributed by atoms with E-state index in [-0.39, 0.29) is 5.41 Å². The molecule has 0 aliphatic heterocycles. The Morgan fingerprint density at radius 2 is 0.649 bits per heavy atom. The van der Waals surface area contributed by atoms with Crippen LogP contribution in [0.15, 0.2) is 291 Å². The molecule has 1 aromatic heterocycles. The van der Waals surface area contributed by atoms with Gasteiger partial charge in [0.1, 0.15) is 0 Å². The largest absolute Gasteiger partial charge is 0.310 e. The summed E-state index contributed by atoms with van der Waals surface area (Å²) in [4.78, 5) is 2.47. The van der Waals surface area contributed by atoms with Gasteiger partial charge in [-0.1, -0.05) is 238 Å². The molecule has 0 fully saturated rings. The highest BCUT2D eigenvalue weighted by molar-refractivity contribution is 6.11. The molecule has 0 N–H and O–H groups in total. The Hall–Kier alpha value is -9.76. The van der Waals surface area contributed by atoms with Crippen molar-refractivity contribution < 1.29 is 0 Å². The Labute approximate surface area is 451 Å². The van der Waals surface area contributed by atoms with Gasteiger partial charge >= 0.3 is 0 Å². The summed E-state index contributed by atoms with van der Waals surface area (Å²) in [5.74, 6) is 0. The summed E-state index contributed by atoms with van der Waals surface area (Å²) in [5, 5.41) is 2.49. The molecular weight excluding hydrogens is 929 g/mol. The van der Waals surface area contributed by atoms with Gasteiger partial charge in [0.05, 0.1) is 16.7 Å². The minimum Gasteiger partial charge on any atom is -0.310 e. The second-order valence-electron chi connectivity index (χ2n) is 20.9. The van der Waals surface area contributed by atoms with Gasteiger partial charge in [0, 0.05) is 38.8 Å². The molecule has 1 aliphatic rings. The van der Waals surface area contributed by atoms with Crippen LogP contribution in [-0.2, 0) is 5.41 Å². The molecule has 77 heavy (non-hydrogen) atoms. The maximum absolute atomic E-state index is 2.47. The first-order valence-electron chi connectivity index (χ1n) is 26.7.